The summed E-state index contributed by atoms with van der Waals surface area (Å²) in [6.45, 7) is 10.2. The monoisotopic (exact) mass is 567 g/mol. The Morgan fingerprint density at radius 1 is 1.16 bits per heavy atom. The summed E-state index contributed by atoms with van der Waals surface area (Å²) in [5, 5.41) is 3.58. The molecule has 0 spiro atoms. The number of piperidine rings is 1. The summed E-state index contributed by atoms with van der Waals surface area (Å²) in [6.07, 6.45) is 7.19. The molecule has 0 saturated carbocycles. The molecule has 5 rings (SSSR count). The number of aliphatic imine (C=N–C) groups is 1. The lowest BCUT2D eigenvalue weighted by molar-refractivity contribution is 0.138. The van der Waals surface area contributed by atoms with Crippen molar-refractivity contribution in [3.05, 3.63) is 63.8 Å². The standard InChI is InChI=1S/C30H38BrN3O3/c1-20-6-4-10-32-30(33-27-8-7-24(31)14-21(27)2)26-16-29(28(35-3)15-25(20)26)37-13-5-11-34-12-9-22-18-36-19-23(22)17-34/h4,7-8,10,14-16,20,22-23H,5-6,9,11-13,17-19H2,1-3H3,(H,32,33). The fraction of sp³-hybridized carbons (Fsp3) is 0.500. The van der Waals surface area contributed by atoms with Crippen LogP contribution in [0, 0.1) is 18.8 Å². The predicted octanol–water partition coefficient (Wildman–Crippen LogP) is 6.38. The molecular weight excluding hydrogens is 530 g/mol. The number of anilines is 1. The first-order chi connectivity index (χ1) is 18.0. The van der Waals surface area contributed by atoms with Crippen LogP contribution in [0.25, 0.3) is 0 Å². The Morgan fingerprint density at radius 2 is 2.03 bits per heavy atom. The molecule has 7 heteroatoms. The maximum absolute atomic E-state index is 6.33. The molecule has 3 unspecified atom stereocenters. The summed E-state index contributed by atoms with van der Waals surface area (Å²) in [4.78, 5) is 7.37. The van der Waals surface area contributed by atoms with Gasteiger partial charge in [-0.15, -0.1) is 0 Å². The van der Waals surface area contributed by atoms with Crippen LogP contribution >= 0.6 is 15.9 Å². The van der Waals surface area contributed by atoms with Crippen molar-refractivity contribution >= 4 is 27.5 Å². The zero-order chi connectivity index (χ0) is 25.8. The number of allylic oxidation sites excluding steroid dienone is 1. The van der Waals surface area contributed by atoms with Crippen molar-refractivity contribution in [2.24, 2.45) is 16.8 Å². The molecule has 3 atom stereocenters. The van der Waals surface area contributed by atoms with Gasteiger partial charge in [0.1, 0.15) is 5.84 Å². The van der Waals surface area contributed by atoms with E-state index in [0.717, 1.165) is 83.7 Å². The molecule has 3 aliphatic heterocycles. The summed E-state index contributed by atoms with van der Waals surface area (Å²) in [5.41, 5.74) is 4.44. The second-order valence-electron chi connectivity index (χ2n) is 10.5. The molecular formula is C30H38BrN3O3. The van der Waals surface area contributed by atoms with Gasteiger partial charge in [0.05, 0.1) is 20.3 Å². The molecule has 0 bridgehead atoms. The van der Waals surface area contributed by atoms with Crippen LogP contribution in [0.1, 0.15) is 48.8 Å². The van der Waals surface area contributed by atoms with Gasteiger partial charge in [-0.1, -0.05) is 28.9 Å². The molecule has 0 amide bonds. The minimum absolute atomic E-state index is 0.329. The third kappa shape index (κ3) is 6.21. The highest BCUT2D eigenvalue weighted by Gasteiger charge is 2.33. The van der Waals surface area contributed by atoms with Gasteiger partial charge >= 0.3 is 0 Å². The van der Waals surface area contributed by atoms with Gasteiger partial charge in [-0.2, -0.15) is 0 Å². The molecule has 0 aliphatic carbocycles. The maximum Gasteiger partial charge on any atom is 0.161 e. The number of hydrogen-bond acceptors (Lipinski definition) is 6. The van der Waals surface area contributed by atoms with Crippen LogP contribution in [0.4, 0.5) is 5.69 Å². The average Bonchev–Trinajstić information content (AvgIpc) is 3.36. The minimum atomic E-state index is 0.329. The zero-order valence-electron chi connectivity index (χ0n) is 22.1. The van der Waals surface area contributed by atoms with Crippen molar-refractivity contribution in [2.45, 2.75) is 39.0 Å². The van der Waals surface area contributed by atoms with E-state index in [4.69, 9.17) is 19.2 Å². The molecule has 3 heterocycles. The molecule has 37 heavy (non-hydrogen) atoms. The van der Waals surface area contributed by atoms with Gasteiger partial charge in [-0.25, -0.2) is 4.99 Å². The van der Waals surface area contributed by atoms with Gasteiger partial charge < -0.3 is 24.4 Å². The molecule has 3 aliphatic rings. The Hall–Kier alpha value is -2.35. The van der Waals surface area contributed by atoms with Gasteiger partial charge in [0, 0.05) is 47.5 Å². The maximum atomic E-state index is 6.33. The number of hydrogen-bond donors (Lipinski definition) is 1. The lowest BCUT2D eigenvalue weighted by Gasteiger charge is -2.33. The number of methoxy groups -OCH3 is 1. The van der Waals surface area contributed by atoms with E-state index < -0.39 is 0 Å². The molecule has 1 N–H and O–H groups in total. The topological polar surface area (TPSA) is 55.3 Å². The molecule has 2 fully saturated rings. The molecule has 2 aromatic carbocycles. The summed E-state index contributed by atoms with van der Waals surface area (Å²) in [7, 11) is 1.72. The van der Waals surface area contributed by atoms with Gasteiger partial charge in [-0.3, -0.25) is 0 Å². The van der Waals surface area contributed by atoms with Gasteiger partial charge in [-0.05, 0) is 86.0 Å². The van der Waals surface area contributed by atoms with E-state index in [1.54, 1.807) is 7.11 Å². The van der Waals surface area contributed by atoms with Crippen LogP contribution in [-0.4, -0.2) is 57.3 Å². The lowest BCUT2D eigenvalue weighted by atomic mass is 9.89. The first-order valence-electron chi connectivity index (χ1n) is 13.4. The number of ether oxygens (including phenoxy) is 3. The fourth-order valence-corrected chi connectivity index (χ4v) is 6.13. The molecule has 2 aromatic rings. The first kappa shape index (κ1) is 26.3. The van der Waals surface area contributed by atoms with Crippen molar-refractivity contribution in [2.75, 3.05) is 51.9 Å². The van der Waals surface area contributed by atoms with Crippen molar-refractivity contribution in [1.29, 1.82) is 0 Å². The third-order valence-corrected chi connectivity index (χ3v) is 8.37. The van der Waals surface area contributed by atoms with Gasteiger partial charge in [0.2, 0.25) is 0 Å². The number of benzene rings is 2. The van der Waals surface area contributed by atoms with E-state index in [1.807, 2.05) is 12.3 Å². The normalized spacial score (nSPS) is 23.5. The van der Waals surface area contributed by atoms with Crippen molar-refractivity contribution < 1.29 is 14.2 Å². The third-order valence-electron chi connectivity index (χ3n) is 7.88. The van der Waals surface area contributed by atoms with E-state index in [1.165, 1.54) is 18.5 Å². The van der Waals surface area contributed by atoms with Crippen LogP contribution in [0.15, 0.2) is 52.1 Å². The number of rotatable bonds is 7. The van der Waals surface area contributed by atoms with E-state index in [0.29, 0.717) is 18.4 Å². The van der Waals surface area contributed by atoms with Crippen molar-refractivity contribution in [3.63, 3.8) is 0 Å². The second-order valence-corrected chi connectivity index (χ2v) is 11.4. The fourth-order valence-electron chi connectivity index (χ4n) is 5.65. The quantitative estimate of drug-likeness (QED) is 0.393. The molecule has 0 radical (unpaired) electrons. The Morgan fingerprint density at radius 3 is 2.86 bits per heavy atom. The first-order valence-corrected chi connectivity index (χ1v) is 14.2. The molecule has 2 saturated heterocycles. The highest BCUT2D eigenvalue weighted by atomic mass is 79.9. The zero-order valence-corrected chi connectivity index (χ0v) is 23.7. The Bertz CT molecular complexity index is 1170. The summed E-state index contributed by atoms with van der Waals surface area (Å²) in [5.74, 6) is 4.16. The number of likely N-dealkylation sites (tertiary alicyclic amines) is 1. The Labute approximate surface area is 229 Å². The SMILES string of the molecule is COc1cc2c(cc1OCCCN1CCC3COCC3C1)C(Nc1ccc(Br)cc1C)=NC=CCC2C. The van der Waals surface area contributed by atoms with Crippen molar-refractivity contribution in [1.82, 2.24) is 4.90 Å². The van der Waals surface area contributed by atoms with E-state index in [2.05, 4.69) is 70.3 Å². The van der Waals surface area contributed by atoms with E-state index in [9.17, 15) is 0 Å². The number of halogens is 1. The average molecular weight is 569 g/mol. The van der Waals surface area contributed by atoms with Gasteiger partial charge in [0.25, 0.3) is 0 Å². The number of nitrogens with zero attached hydrogens (tertiary/aromatic N) is 2. The van der Waals surface area contributed by atoms with Crippen LogP contribution < -0.4 is 14.8 Å². The van der Waals surface area contributed by atoms with E-state index >= 15 is 0 Å². The largest absolute Gasteiger partial charge is 0.493 e. The summed E-state index contributed by atoms with van der Waals surface area (Å²) < 4.78 is 18.9. The van der Waals surface area contributed by atoms with E-state index in [-0.39, 0.29) is 0 Å². The Kier molecular flexibility index (Phi) is 8.53. The lowest BCUT2D eigenvalue weighted by Crippen LogP contribution is -2.40. The Balaban J connectivity index is 1.32. The summed E-state index contributed by atoms with van der Waals surface area (Å²) >= 11 is 3.56. The van der Waals surface area contributed by atoms with Crippen LogP contribution in [0.2, 0.25) is 0 Å². The molecule has 0 aromatic heterocycles. The van der Waals surface area contributed by atoms with Crippen molar-refractivity contribution in [3.8, 4) is 11.5 Å². The smallest absolute Gasteiger partial charge is 0.161 e. The highest BCUT2D eigenvalue weighted by molar-refractivity contribution is 9.10. The minimum Gasteiger partial charge on any atom is -0.493 e. The number of amidine groups is 1. The molecule has 6 nitrogen and oxygen atoms in total. The summed E-state index contributed by atoms with van der Waals surface area (Å²) in [6, 6.07) is 10.5. The van der Waals surface area contributed by atoms with Crippen LogP contribution in [-0.2, 0) is 4.74 Å². The van der Waals surface area contributed by atoms with Crippen LogP contribution in [0.3, 0.4) is 0 Å². The predicted molar refractivity (Wildman–Crippen MR) is 153 cm³/mol. The van der Waals surface area contributed by atoms with Gasteiger partial charge in [0.15, 0.2) is 11.5 Å². The number of fused-ring (bicyclic) bond motifs is 2. The highest BCUT2D eigenvalue weighted by Crippen LogP contribution is 2.37. The molecule has 198 valence electrons. The number of aryl methyl sites for hydroxylation is 1. The van der Waals surface area contributed by atoms with Crippen LogP contribution in [0.5, 0.6) is 11.5 Å². The second kappa shape index (κ2) is 12.0. The number of nitrogens with one attached hydrogen (secondary N) is 1.